The van der Waals surface area contributed by atoms with Crippen LogP contribution in [-0.2, 0) is 6.61 Å². The summed E-state index contributed by atoms with van der Waals surface area (Å²) in [4.78, 5) is 12.7. The zero-order valence-electron chi connectivity index (χ0n) is 14.8. The van der Waals surface area contributed by atoms with E-state index in [-0.39, 0.29) is 5.43 Å². The highest BCUT2D eigenvalue weighted by molar-refractivity contribution is 6.06. The fourth-order valence-corrected chi connectivity index (χ4v) is 3.14. The molecule has 0 N–H and O–H groups in total. The Morgan fingerprint density at radius 3 is 2.62 bits per heavy atom. The first-order valence-electron chi connectivity index (χ1n) is 8.29. The Bertz CT molecular complexity index is 1170. The average molecular weight is 350 g/mol. The molecule has 0 spiro atoms. The topological polar surface area (TPSA) is 61.8 Å². The Labute approximate surface area is 149 Å². The van der Waals surface area contributed by atoms with E-state index < -0.39 is 0 Å². The van der Waals surface area contributed by atoms with E-state index in [4.69, 9.17) is 18.3 Å². The number of fused-ring (bicyclic) bond motifs is 2. The van der Waals surface area contributed by atoms with E-state index in [9.17, 15) is 4.79 Å². The number of furan rings is 1. The smallest absolute Gasteiger partial charge is 0.206 e. The molecule has 0 unspecified atom stereocenters. The Kier molecular flexibility index (Phi) is 3.92. The Morgan fingerprint density at radius 1 is 1.04 bits per heavy atom. The molecule has 0 aliphatic heterocycles. The van der Waals surface area contributed by atoms with Gasteiger partial charge in [0.2, 0.25) is 5.75 Å². The highest BCUT2D eigenvalue weighted by atomic mass is 16.5. The summed E-state index contributed by atoms with van der Waals surface area (Å²) < 4.78 is 22.9. The molecule has 0 amide bonds. The third kappa shape index (κ3) is 2.52. The second-order valence-electron chi connectivity index (χ2n) is 6.17. The average Bonchev–Trinajstić information content (AvgIpc) is 3.09. The second-order valence-corrected chi connectivity index (χ2v) is 6.17. The second kappa shape index (κ2) is 6.26. The molecule has 0 aliphatic rings. The van der Waals surface area contributed by atoms with E-state index in [1.807, 2.05) is 31.2 Å². The van der Waals surface area contributed by atoms with Crippen LogP contribution in [0, 0.1) is 13.8 Å². The van der Waals surface area contributed by atoms with Crippen molar-refractivity contribution in [3.05, 3.63) is 69.8 Å². The minimum Gasteiger partial charge on any atom is -0.490 e. The van der Waals surface area contributed by atoms with Crippen molar-refractivity contribution in [1.82, 2.24) is 0 Å². The highest BCUT2D eigenvalue weighted by Gasteiger charge is 2.22. The molecule has 2 aromatic carbocycles. The van der Waals surface area contributed by atoms with Gasteiger partial charge < -0.3 is 18.3 Å². The lowest BCUT2D eigenvalue weighted by Gasteiger charge is -2.13. The number of rotatable bonds is 4. The standard InChI is InChI=1S/C21H18O5/c1-12-6-4-5-7-14(12)11-25-18-15-8-9-24-19(15)21(23-3)20-17(18)16(22)10-13(2)26-20/h4-10H,11H2,1-3H3. The summed E-state index contributed by atoms with van der Waals surface area (Å²) in [6.07, 6.45) is 1.55. The molecule has 4 aromatic rings. The number of methoxy groups -OCH3 is 1. The predicted octanol–water partition coefficient (Wildman–Crippen LogP) is 4.74. The molecule has 2 heterocycles. The lowest BCUT2D eigenvalue weighted by Crippen LogP contribution is -2.06. The Balaban J connectivity index is 1.96. The fourth-order valence-electron chi connectivity index (χ4n) is 3.14. The van der Waals surface area contributed by atoms with Gasteiger partial charge in [-0.3, -0.25) is 4.79 Å². The minimum atomic E-state index is -0.176. The SMILES string of the molecule is COc1c2occc2c(OCc2ccccc2C)c2c(=O)cc(C)oc12. The first-order chi connectivity index (χ1) is 12.6. The van der Waals surface area contributed by atoms with Crippen LogP contribution < -0.4 is 14.9 Å². The van der Waals surface area contributed by atoms with Gasteiger partial charge in [-0.2, -0.15) is 0 Å². The first-order valence-corrected chi connectivity index (χ1v) is 8.29. The van der Waals surface area contributed by atoms with Gasteiger partial charge in [-0.15, -0.1) is 0 Å². The number of hydrogen-bond acceptors (Lipinski definition) is 5. The summed E-state index contributed by atoms with van der Waals surface area (Å²) in [6, 6.07) is 11.2. The normalized spacial score (nSPS) is 11.2. The number of benzene rings is 2. The van der Waals surface area contributed by atoms with Crippen molar-refractivity contribution < 1.29 is 18.3 Å². The van der Waals surface area contributed by atoms with Crippen LogP contribution in [0.3, 0.4) is 0 Å². The predicted molar refractivity (Wildman–Crippen MR) is 99.1 cm³/mol. The van der Waals surface area contributed by atoms with Gasteiger partial charge in [-0.05, 0) is 31.0 Å². The third-order valence-corrected chi connectivity index (χ3v) is 4.46. The summed E-state index contributed by atoms with van der Waals surface area (Å²) in [5.41, 5.74) is 2.82. The maximum absolute atomic E-state index is 12.7. The van der Waals surface area contributed by atoms with Crippen molar-refractivity contribution in [3.8, 4) is 11.5 Å². The molecular formula is C21H18O5. The van der Waals surface area contributed by atoms with Gasteiger partial charge in [0.1, 0.15) is 23.5 Å². The molecule has 0 radical (unpaired) electrons. The van der Waals surface area contributed by atoms with Crippen LogP contribution >= 0.6 is 0 Å². The summed E-state index contributed by atoms with van der Waals surface area (Å²) in [5, 5.41) is 1.04. The van der Waals surface area contributed by atoms with E-state index in [0.29, 0.717) is 45.8 Å². The summed E-state index contributed by atoms with van der Waals surface area (Å²) in [7, 11) is 1.52. The molecule has 0 aliphatic carbocycles. The largest absolute Gasteiger partial charge is 0.490 e. The van der Waals surface area contributed by atoms with Crippen LogP contribution in [-0.4, -0.2) is 7.11 Å². The maximum atomic E-state index is 12.7. The lowest BCUT2D eigenvalue weighted by atomic mass is 10.1. The van der Waals surface area contributed by atoms with Crippen LogP contribution in [0.25, 0.3) is 21.9 Å². The van der Waals surface area contributed by atoms with E-state index >= 15 is 0 Å². The molecule has 5 nitrogen and oxygen atoms in total. The first kappa shape index (κ1) is 16.3. The van der Waals surface area contributed by atoms with Crippen molar-refractivity contribution in [2.45, 2.75) is 20.5 Å². The lowest BCUT2D eigenvalue weighted by molar-refractivity contribution is 0.311. The molecule has 0 saturated carbocycles. The Hall–Kier alpha value is -3.21. The minimum absolute atomic E-state index is 0.176. The zero-order valence-corrected chi connectivity index (χ0v) is 14.8. The van der Waals surface area contributed by atoms with Crippen molar-refractivity contribution in [1.29, 1.82) is 0 Å². The van der Waals surface area contributed by atoms with Crippen molar-refractivity contribution in [2.24, 2.45) is 0 Å². The van der Waals surface area contributed by atoms with Crippen LogP contribution in [0.15, 0.2) is 56.3 Å². The molecular weight excluding hydrogens is 332 g/mol. The third-order valence-electron chi connectivity index (χ3n) is 4.46. The van der Waals surface area contributed by atoms with Crippen LogP contribution in [0.1, 0.15) is 16.9 Å². The van der Waals surface area contributed by atoms with Crippen LogP contribution in [0.5, 0.6) is 11.5 Å². The van der Waals surface area contributed by atoms with E-state index in [1.54, 1.807) is 19.3 Å². The fraction of sp³-hybridized carbons (Fsp3) is 0.190. The monoisotopic (exact) mass is 350 g/mol. The summed E-state index contributed by atoms with van der Waals surface area (Å²) >= 11 is 0. The quantitative estimate of drug-likeness (QED) is 0.532. The number of ether oxygens (including phenoxy) is 2. The van der Waals surface area contributed by atoms with Gasteiger partial charge in [-0.1, -0.05) is 24.3 Å². The molecule has 132 valence electrons. The molecule has 0 atom stereocenters. The molecule has 0 fully saturated rings. The van der Waals surface area contributed by atoms with Gasteiger partial charge >= 0.3 is 0 Å². The van der Waals surface area contributed by atoms with Gasteiger partial charge in [0.25, 0.3) is 0 Å². The van der Waals surface area contributed by atoms with E-state index in [0.717, 1.165) is 11.1 Å². The zero-order chi connectivity index (χ0) is 18.3. The molecule has 4 rings (SSSR count). The molecule has 0 bridgehead atoms. The maximum Gasteiger partial charge on any atom is 0.206 e. The molecule has 5 heteroatoms. The summed E-state index contributed by atoms with van der Waals surface area (Å²) in [6.45, 7) is 4.08. The van der Waals surface area contributed by atoms with Gasteiger partial charge in [0.05, 0.1) is 18.8 Å². The van der Waals surface area contributed by atoms with Gasteiger partial charge in [-0.25, -0.2) is 0 Å². The van der Waals surface area contributed by atoms with Gasteiger partial charge in [0, 0.05) is 6.07 Å². The van der Waals surface area contributed by atoms with E-state index in [1.165, 1.54) is 13.2 Å². The van der Waals surface area contributed by atoms with Crippen molar-refractivity contribution in [3.63, 3.8) is 0 Å². The number of aryl methyl sites for hydroxylation is 2. The highest BCUT2D eigenvalue weighted by Crippen LogP contribution is 2.42. The van der Waals surface area contributed by atoms with Crippen molar-refractivity contribution in [2.75, 3.05) is 7.11 Å². The van der Waals surface area contributed by atoms with Crippen molar-refractivity contribution >= 4 is 21.9 Å². The van der Waals surface area contributed by atoms with E-state index in [2.05, 4.69) is 0 Å². The Morgan fingerprint density at radius 2 is 1.85 bits per heavy atom. The summed E-state index contributed by atoms with van der Waals surface area (Å²) in [5.74, 6) is 1.34. The van der Waals surface area contributed by atoms with Crippen LogP contribution in [0.4, 0.5) is 0 Å². The molecule has 2 aromatic heterocycles. The van der Waals surface area contributed by atoms with Gasteiger partial charge in [0.15, 0.2) is 16.6 Å². The molecule has 26 heavy (non-hydrogen) atoms. The number of hydrogen-bond donors (Lipinski definition) is 0. The van der Waals surface area contributed by atoms with Crippen LogP contribution in [0.2, 0.25) is 0 Å². The molecule has 0 saturated heterocycles.